The molecule has 0 radical (unpaired) electrons. The number of aryl methyl sites for hydroxylation is 2. The van der Waals surface area contributed by atoms with Gasteiger partial charge in [-0.15, -0.1) is 0 Å². The van der Waals surface area contributed by atoms with Crippen LogP contribution in [0.25, 0.3) is 0 Å². The fraction of sp³-hybridized carbons (Fsp3) is 0.308. The molecule has 94 valence electrons. The molecule has 0 saturated carbocycles. The number of ether oxygens (including phenoxy) is 1. The normalized spacial score (nSPS) is 10.3. The SMILES string of the molecule is COc1ncccc1C(=O)CCc1ccnn1C. The molecule has 0 aromatic carbocycles. The quantitative estimate of drug-likeness (QED) is 0.751. The number of Topliss-reactive ketones (excluding diaryl/α,β-unsaturated/α-hetero) is 1. The van der Waals surface area contributed by atoms with Crippen LogP contribution in [0.1, 0.15) is 22.5 Å². The van der Waals surface area contributed by atoms with Crippen molar-refractivity contribution in [3.63, 3.8) is 0 Å². The lowest BCUT2D eigenvalue weighted by atomic mass is 10.1. The maximum atomic E-state index is 12.1. The standard InChI is InChI=1S/C13H15N3O2/c1-16-10(7-9-15-16)5-6-12(17)11-4-3-8-14-13(11)18-2/h3-4,7-9H,5-6H2,1-2H3. The van der Waals surface area contributed by atoms with Crippen LogP contribution in [0.3, 0.4) is 0 Å². The Morgan fingerprint density at radius 3 is 2.89 bits per heavy atom. The van der Waals surface area contributed by atoms with E-state index in [0.717, 1.165) is 5.69 Å². The lowest BCUT2D eigenvalue weighted by Gasteiger charge is -2.06. The molecule has 0 amide bonds. The van der Waals surface area contributed by atoms with Gasteiger partial charge >= 0.3 is 0 Å². The zero-order valence-corrected chi connectivity index (χ0v) is 10.5. The lowest BCUT2D eigenvalue weighted by Crippen LogP contribution is -2.07. The predicted molar refractivity (Wildman–Crippen MR) is 66.6 cm³/mol. The Labute approximate surface area is 105 Å². The molecule has 0 saturated heterocycles. The highest BCUT2D eigenvalue weighted by Crippen LogP contribution is 2.16. The van der Waals surface area contributed by atoms with Crippen molar-refractivity contribution in [2.24, 2.45) is 7.05 Å². The number of aromatic nitrogens is 3. The minimum Gasteiger partial charge on any atom is -0.480 e. The molecule has 5 heteroatoms. The maximum Gasteiger partial charge on any atom is 0.224 e. The van der Waals surface area contributed by atoms with E-state index in [9.17, 15) is 4.79 Å². The molecule has 18 heavy (non-hydrogen) atoms. The zero-order chi connectivity index (χ0) is 13.0. The molecule has 2 heterocycles. The number of hydrogen-bond acceptors (Lipinski definition) is 4. The Balaban J connectivity index is 2.06. The Morgan fingerprint density at radius 1 is 1.39 bits per heavy atom. The highest BCUT2D eigenvalue weighted by molar-refractivity contribution is 5.98. The molecular formula is C13H15N3O2. The van der Waals surface area contributed by atoms with Crippen LogP contribution in [0.2, 0.25) is 0 Å². The van der Waals surface area contributed by atoms with Crippen molar-refractivity contribution in [3.8, 4) is 5.88 Å². The topological polar surface area (TPSA) is 57.0 Å². The summed E-state index contributed by atoms with van der Waals surface area (Å²) in [6, 6.07) is 5.38. The van der Waals surface area contributed by atoms with Crippen LogP contribution in [0, 0.1) is 0 Å². The summed E-state index contributed by atoms with van der Waals surface area (Å²) >= 11 is 0. The number of rotatable bonds is 5. The van der Waals surface area contributed by atoms with Crippen LogP contribution in [-0.4, -0.2) is 27.7 Å². The minimum atomic E-state index is 0.0288. The number of nitrogens with zero attached hydrogens (tertiary/aromatic N) is 3. The first-order valence-corrected chi connectivity index (χ1v) is 5.71. The summed E-state index contributed by atoms with van der Waals surface area (Å²) in [6.45, 7) is 0. The lowest BCUT2D eigenvalue weighted by molar-refractivity contribution is 0.0978. The van der Waals surface area contributed by atoms with E-state index in [1.54, 1.807) is 29.2 Å². The molecule has 0 fully saturated rings. The third kappa shape index (κ3) is 2.56. The summed E-state index contributed by atoms with van der Waals surface area (Å²) in [5, 5.41) is 4.07. The van der Waals surface area contributed by atoms with Gasteiger partial charge in [0.05, 0.1) is 12.7 Å². The molecule has 0 bridgehead atoms. The molecule has 2 rings (SSSR count). The van der Waals surface area contributed by atoms with E-state index in [4.69, 9.17) is 4.74 Å². The average molecular weight is 245 g/mol. The van der Waals surface area contributed by atoms with Gasteiger partial charge in [-0.3, -0.25) is 9.48 Å². The first kappa shape index (κ1) is 12.3. The Hall–Kier alpha value is -2.17. The summed E-state index contributed by atoms with van der Waals surface area (Å²) in [5.74, 6) is 0.411. The van der Waals surface area contributed by atoms with Crippen molar-refractivity contribution in [3.05, 3.63) is 41.9 Å². The van der Waals surface area contributed by atoms with E-state index in [-0.39, 0.29) is 5.78 Å². The molecule has 0 aliphatic heterocycles. The first-order chi connectivity index (χ1) is 8.72. The van der Waals surface area contributed by atoms with Crippen LogP contribution in [-0.2, 0) is 13.5 Å². The Morgan fingerprint density at radius 2 is 2.22 bits per heavy atom. The van der Waals surface area contributed by atoms with E-state index in [2.05, 4.69) is 10.1 Å². The van der Waals surface area contributed by atoms with Gasteiger partial charge in [0.25, 0.3) is 0 Å². The van der Waals surface area contributed by atoms with Crippen LogP contribution >= 0.6 is 0 Å². The molecule has 2 aromatic heterocycles. The molecule has 0 spiro atoms. The molecule has 0 aliphatic carbocycles. The Kier molecular flexibility index (Phi) is 3.72. The molecule has 5 nitrogen and oxygen atoms in total. The van der Waals surface area contributed by atoms with Crippen LogP contribution in [0.15, 0.2) is 30.6 Å². The summed E-state index contributed by atoms with van der Waals surface area (Å²) < 4.78 is 6.85. The predicted octanol–water partition coefficient (Wildman–Crippen LogP) is 1.64. The van der Waals surface area contributed by atoms with Crippen molar-refractivity contribution < 1.29 is 9.53 Å². The van der Waals surface area contributed by atoms with Gasteiger partial charge in [-0.1, -0.05) is 0 Å². The highest BCUT2D eigenvalue weighted by atomic mass is 16.5. The van der Waals surface area contributed by atoms with E-state index < -0.39 is 0 Å². The summed E-state index contributed by atoms with van der Waals surface area (Å²) in [4.78, 5) is 16.1. The number of pyridine rings is 1. The van der Waals surface area contributed by atoms with Gasteiger partial charge in [0, 0.05) is 31.6 Å². The summed E-state index contributed by atoms with van der Waals surface area (Å²) in [6.07, 6.45) is 4.41. The van der Waals surface area contributed by atoms with Crippen molar-refractivity contribution in [1.29, 1.82) is 0 Å². The number of hydrogen-bond donors (Lipinski definition) is 0. The molecule has 0 atom stereocenters. The van der Waals surface area contributed by atoms with Crippen LogP contribution < -0.4 is 4.74 Å². The van der Waals surface area contributed by atoms with E-state index in [1.807, 2.05) is 13.1 Å². The second kappa shape index (κ2) is 5.44. The fourth-order valence-corrected chi connectivity index (χ4v) is 1.79. The number of methoxy groups -OCH3 is 1. The van der Waals surface area contributed by atoms with Gasteiger partial charge in [0.2, 0.25) is 5.88 Å². The number of carbonyl (C=O) groups is 1. The number of carbonyl (C=O) groups excluding carboxylic acids is 1. The van der Waals surface area contributed by atoms with Gasteiger partial charge < -0.3 is 4.74 Å². The van der Waals surface area contributed by atoms with Gasteiger partial charge in [-0.05, 0) is 24.6 Å². The van der Waals surface area contributed by atoms with Gasteiger partial charge in [0.15, 0.2) is 5.78 Å². The summed E-state index contributed by atoms with van der Waals surface area (Å²) in [5.41, 5.74) is 1.56. The van der Waals surface area contributed by atoms with Crippen LogP contribution in [0.5, 0.6) is 5.88 Å². The molecule has 0 unspecified atom stereocenters. The third-order valence-electron chi connectivity index (χ3n) is 2.80. The third-order valence-corrected chi connectivity index (χ3v) is 2.80. The first-order valence-electron chi connectivity index (χ1n) is 5.71. The van der Waals surface area contributed by atoms with Crippen molar-refractivity contribution in [1.82, 2.24) is 14.8 Å². The zero-order valence-electron chi connectivity index (χ0n) is 10.5. The molecule has 0 aliphatic rings. The second-order valence-corrected chi connectivity index (χ2v) is 3.93. The van der Waals surface area contributed by atoms with Crippen LogP contribution in [0.4, 0.5) is 0 Å². The van der Waals surface area contributed by atoms with Gasteiger partial charge in [-0.2, -0.15) is 5.10 Å². The highest BCUT2D eigenvalue weighted by Gasteiger charge is 2.13. The molecule has 0 N–H and O–H groups in total. The van der Waals surface area contributed by atoms with Crippen molar-refractivity contribution in [2.45, 2.75) is 12.8 Å². The van der Waals surface area contributed by atoms with Gasteiger partial charge in [-0.25, -0.2) is 4.98 Å². The largest absolute Gasteiger partial charge is 0.480 e. The van der Waals surface area contributed by atoms with Crippen molar-refractivity contribution >= 4 is 5.78 Å². The Bertz CT molecular complexity index is 549. The van der Waals surface area contributed by atoms with Crippen molar-refractivity contribution in [2.75, 3.05) is 7.11 Å². The second-order valence-electron chi connectivity index (χ2n) is 3.93. The average Bonchev–Trinajstić information content (AvgIpc) is 2.81. The molecule has 2 aromatic rings. The number of ketones is 1. The molecular weight excluding hydrogens is 230 g/mol. The minimum absolute atomic E-state index is 0.0288. The van der Waals surface area contributed by atoms with E-state index in [0.29, 0.717) is 24.3 Å². The fourth-order valence-electron chi connectivity index (χ4n) is 1.79. The maximum absolute atomic E-state index is 12.1. The van der Waals surface area contributed by atoms with E-state index >= 15 is 0 Å². The van der Waals surface area contributed by atoms with Gasteiger partial charge in [0.1, 0.15) is 0 Å². The monoisotopic (exact) mass is 245 g/mol. The van der Waals surface area contributed by atoms with E-state index in [1.165, 1.54) is 7.11 Å². The smallest absolute Gasteiger partial charge is 0.224 e. The summed E-state index contributed by atoms with van der Waals surface area (Å²) in [7, 11) is 3.38.